The molecule has 21 heavy (non-hydrogen) atoms. The Hall–Kier alpha value is -1.59. The van der Waals surface area contributed by atoms with E-state index in [1.807, 2.05) is 6.20 Å². The van der Waals surface area contributed by atoms with Gasteiger partial charge in [0.05, 0.1) is 6.54 Å². The number of thiazole rings is 1. The Morgan fingerprint density at radius 2 is 2.10 bits per heavy atom. The van der Waals surface area contributed by atoms with Crippen LogP contribution in [0.2, 0.25) is 0 Å². The maximum atomic E-state index is 5.76. The molecule has 1 saturated heterocycles. The number of hydrogen-bond donors (Lipinski definition) is 1. The van der Waals surface area contributed by atoms with Crippen LogP contribution in [0.3, 0.4) is 0 Å². The third-order valence-electron chi connectivity index (χ3n) is 4.68. The van der Waals surface area contributed by atoms with Crippen molar-refractivity contribution in [1.82, 2.24) is 4.98 Å². The Morgan fingerprint density at radius 3 is 2.86 bits per heavy atom. The van der Waals surface area contributed by atoms with E-state index in [4.69, 9.17) is 10.5 Å². The number of rotatable bonds is 2. The third-order valence-corrected chi connectivity index (χ3v) is 5.49. The zero-order chi connectivity index (χ0) is 14.3. The smallest absolute Gasteiger partial charge is 0.180 e. The molecule has 0 bridgehead atoms. The number of nitrogen functional groups attached to an aromatic ring is 1. The fourth-order valence-corrected chi connectivity index (χ4v) is 4.35. The van der Waals surface area contributed by atoms with Crippen LogP contribution in [0.15, 0.2) is 30.5 Å². The Morgan fingerprint density at radius 1 is 1.29 bits per heavy atom. The van der Waals surface area contributed by atoms with E-state index in [1.165, 1.54) is 16.1 Å². The highest BCUT2D eigenvalue weighted by Crippen LogP contribution is 2.47. The molecule has 0 saturated carbocycles. The van der Waals surface area contributed by atoms with Gasteiger partial charge in [0.1, 0.15) is 0 Å². The predicted molar refractivity (Wildman–Crippen MR) is 85.7 cm³/mol. The van der Waals surface area contributed by atoms with Gasteiger partial charge < -0.3 is 15.4 Å². The second-order valence-electron chi connectivity index (χ2n) is 5.93. The monoisotopic (exact) mass is 301 g/mol. The Balaban J connectivity index is 1.67. The molecular formula is C16H19N3OS. The van der Waals surface area contributed by atoms with Crippen LogP contribution in [0.5, 0.6) is 0 Å². The Labute approximate surface area is 128 Å². The maximum Gasteiger partial charge on any atom is 0.180 e. The van der Waals surface area contributed by atoms with E-state index in [9.17, 15) is 0 Å². The molecule has 0 radical (unpaired) electrons. The summed E-state index contributed by atoms with van der Waals surface area (Å²) in [5.74, 6) is 0. The van der Waals surface area contributed by atoms with Crippen molar-refractivity contribution in [2.24, 2.45) is 0 Å². The predicted octanol–water partition coefficient (Wildman–Crippen LogP) is 2.79. The molecule has 0 amide bonds. The summed E-state index contributed by atoms with van der Waals surface area (Å²) in [5, 5.41) is 0.651. The lowest BCUT2D eigenvalue weighted by atomic mass is 9.76. The lowest BCUT2D eigenvalue weighted by Gasteiger charge is -2.34. The standard InChI is InChI=1S/C16H19N3OS/c17-15-18-9-12(21-15)10-19-11-16(5-7-20-8-6-16)13-3-1-2-4-14(13)19/h1-4,9H,5-8,10-11H2,(H2,17,18). The summed E-state index contributed by atoms with van der Waals surface area (Å²) in [6, 6.07) is 8.82. The molecule has 0 aliphatic carbocycles. The van der Waals surface area contributed by atoms with Crippen molar-refractivity contribution in [2.45, 2.75) is 24.8 Å². The largest absolute Gasteiger partial charge is 0.381 e. The molecule has 110 valence electrons. The molecule has 4 nitrogen and oxygen atoms in total. The van der Waals surface area contributed by atoms with Crippen LogP contribution in [-0.4, -0.2) is 24.7 Å². The van der Waals surface area contributed by atoms with Crippen molar-refractivity contribution < 1.29 is 4.74 Å². The van der Waals surface area contributed by atoms with Crippen molar-refractivity contribution in [3.63, 3.8) is 0 Å². The highest BCUT2D eigenvalue weighted by atomic mass is 32.1. The molecule has 2 N–H and O–H groups in total. The van der Waals surface area contributed by atoms with Gasteiger partial charge in [0.25, 0.3) is 0 Å². The lowest BCUT2D eigenvalue weighted by molar-refractivity contribution is 0.0553. The van der Waals surface area contributed by atoms with Crippen molar-refractivity contribution in [3.8, 4) is 0 Å². The molecule has 1 aromatic heterocycles. The minimum atomic E-state index is 0.269. The quantitative estimate of drug-likeness (QED) is 0.926. The molecule has 2 aromatic rings. The molecule has 0 unspecified atom stereocenters. The molecule has 5 heteroatoms. The average Bonchev–Trinajstić information content (AvgIpc) is 3.04. The van der Waals surface area contributed by atoms with Crippen LogP contribution < -0.4 is 10.6 Å². The van der Waals surface area contributed by atoms with Crippen LogP contribution in [0.4, 0.5) is 10.8 Å². The number of para-hydroxylation sites is 1. The van der Waals surface area contributed by atoms with E-state index in [0.29, 0.717) is 5.13 Å². The molecular weight excluding hydrogens is 282 g/mol. The van der Waals surface area contributed by atoms with E-state index in [0.717, 1.165) is 39.1 Å². The highest BCUT2D eigenvalue weighted by Gasteiger charge is 2.43. The summed E-state index contributed by atoms with van der Waals surface area (Å²) < 4.78 is 5.59. The first kappa shape index (κ1) is 13.1. The van der Waals surface area contributed by atoms with Crippen molar-refractivity contribution in [2.75, 3.05) is 30.4 Å². The van der Waals surface area contributed by atoms with E-state index in [1.54, 1.807) is 11.3 Å². The van der Waals surface area contributed by atoms with Gasteiger partial charge in [-0.3, -0.25) is 0 Å². The number of fused-ring (bicyclic) bond motifs is 2. The van der Waals surface area contributed by atoms with Crippen LogP contribution in [0.1, 0.15) is 23.3 Å². The zero-order valence-corrected chi connectivity index (χ0v) is 12.7. The van der Waals surface area contributed by atoms with Crippen LogP contribution in [0.25, 0.3) is 0 Å². The highest BCUT2D eigenvalue weighted by molar-refractivity contribution is 7.15. The fraction of sp³-hybridized carbons (Fsp3) is 0.438. The van der Waals surface area contributed by atoms with Crippen molar-refractivity contribution in [1.29, 1.82) is 0 Å². The molecule has 3 heterocycles. The van der Waals surface area contributed by atoms with E-state index >= 15 is 0 Å². The van der Waals surface area contributed by atoms with Gasteiger partial charge in [0, 0.05) is 41.9 Å². The second kappa shape index (κ2) is 5.00. The maximum absolute atomic E-state index is 5.76. The molecule has 1 aromatic carbocycles. The number of hydrogen-bond acceptors (Lipinski definition) is 5. The Bertz CT molecular complexity index is 648. The molecule has 2 aliphatic rings. The van der Waals surface area contributed by atoms with E-state index in [-0.39, 0.29) is 5.41 Å². The van der Waals surface area contributed by atoms with Gasteiger partial charge >= 0.3 is 0 Å². The molecule has 4 rings (SSSR count). The number of ether oxygens (including phenoxy) is 1. The van der Waals surface area contributed by atoms with E-state index < -0.39 is 0 Å². The molecule has 1 fully saturated rings. The number of nitrogens with two attached hydrogens (primary N) is 1. The number of nitrogens with zero attached hydrogens (tertiary/aromatic N) is 2. The number of anilines is 2. The first-order valence-electron chi connectivity index (χ1n) is 7.39. The lowest BCUT2D eigenvalue weighted by Crippen LogP contribution is -2.38. The summed E-state index contributed by atoms with van der Waals surface area (Å²) in [4.78, 5) is 7.88. The molecule has 2 aliphatic heterocycles. The van der Waals surface area contributed by atoms with Crippen molar-refractivity contribution in [3.05, 3.63) is 40.9 Å². The first-order valence-corrected chi connectivity index (χ1v) is 8.21. The summed E-state index contributed by atoms with van der Waals surface area (Å²) in [5.41, 5.74) is 8.88. The van der Waals surface area contributed by atoms with Gasteiger partial charge in [0.2, 0.25) is 0 Å². The van der Waals surface area contributed by atoms with E-state index in [2.05, 4.69) is 34.1 Å². The second-order valence-corrected chi connectivity index (χ2v) is 7.08. The average molecular weight is 301 g/mol. The first-order chi connectivity index (χ1) is 10.3. The zero-order valence-electron chi connectivity index (χ0n) is 11.9. The van der Waals surface area contributed by atoms with Crippen LogP contribution in [0, 0.1) is 0 Å². The summed E-state index contributed by atoms with van der Waals surface area (Å²) in [7, 11) is 0. The summed E-state index contributed by atoms with van der Waals surface area (Å²) >= 11 is 1.58. The molecule has 1 spiro atoms. The number of aromatic nitrogens is 1. The van der Waals surface area contributed by atoms with Crippen LogP contribution in [-0.2, 0) is 16.7 Å². The Kier molecular flexibility index (Phi) is 3.12. The number of benzene rings is 1. The molecule has 0 atom stereocenters. The summed E-state index contributed by atoms with van der Waals surface area (Å²) in [6.45, 7) is 3.72. The van der Waals surface area contributed by atoms with Crippen molar-refractivity contribution >= 4 is 22.2 Å². The van der Waals surface area contributed by atoms with Gasteiger partial charge in [-0.15, -0.1) is 11.3 Å². The van der Waals surface area contributed by atoms with Crippen LogP contribution >= 0.6 is 11.3 Å². The SMILES string of the molecule is Nc1ncc(CN2CC3(CCOCC3)c3ccccc32)s1. The van der Waals surface area contributed by atoms with Gasteiger partial charge in [-0.2, -0.15) is 0 Å². The van der Waals surface area contributed by atoms with Gasteiger partial charge in [-0.25, -0.2) is 4.98 Å². The normalized spacial score (nSPS) is 19.9. The minimum absolute atomic E-state index is 0.269. The van der Waals surface area contributed by atoms with Gasteiger partial charge in [-0.1, -0.05) is 18.2 Å². The third kappa shape index (κ3) is 2.21. The summed E-state index contributed by atoms with van der Waals surface area (Å²) in [6.07, 6.45) is 4.13. The topological polar surface area (TPSA) is 51.4 Å². The van der Waals surface area contributed by atoms with Gasteiger partial charge in [-0.05, 0) is 24.5 Å². The minimum Gasteiger partial charge on any atom is -0.381 e. The fourth-order valence-electron chi connectivity index (χ4n) is 3.65. The van der Waals surface area contributed by atoms with Gasteiger partial charge in [0.15, 0.2) is 5.13 Å².